The van der Waals surface area contributed by atoms with Crippen molar-refractivity contribution < 1.29 is 28.2 Å². The maximum atomic E-state index is 13.0. The molecule has 1 aliphatic heterocycles. The van der Waals surface area contributed by atoms with Crippen LogP contribution in [0, 0.1) is 9.39 Å². The second kappa shape index (κ2) is 8.38. The quantitative estimate of drug-likeness (QED) is 0.378. The van der Waals surface area contributed by atoms with Crippen molar-refractivity contribution in [2.45, 2.75) is 6.61 Å². The van der Waals surface area contributed by atoms with E-state index in [-0.39, 0.29) is 18.0 Å². The third-order valence-corrected chi connectivity index (χ3v) is 4.60. The summed E-state index contributed by atoms with van der Waals surface area (Å²) in [5.41, 5.74) is 1.10. The van der Waals surface area contributed by atoms with Crippen molar-refractivity contribution in [3.8, 4) is 11.5 Å². The van der Waals surface area contributed by atoms with Gasteiger partial charge in [0, 0.05) is 0 Å². The molecule has 0 radical (unpaired) electrons. The fraction of sp³-hybridized carbons (Fsp3) is 0.105. The summed E-state index contributed by atoms with van der Waals surface area (Å²) in [5.74, 6) is -1.01. The number of carbonyl (C=O) groups excluding carboxylic acids is 3. The van der Waals surface area contributed by atoms with Crippen LogP contribution in [0.2, 0.25) is 0 Å². The highest BCUT2D eigenvalue weighted by Crippen LogP contribution is 2.35. The number of barbiturate groups is 1. The zero-order chi connectivity index (χ0) is 20.3. The number of nitrogens with one attached hydrogen (secondary N) is 2. The molecule has 0 unspecified atom stereocenters. The Morgan fingerprint density at radius 3 is 2.32 bits per heavy atom. The number of urea groups is 1. The number of benzene rings is 2. The first-order chi connectivity index (χ1) is 13.4. The molecule has 2 N–H and O–H groups in total. The SMILES string of the molecule is COc1cc(C=C2C(=O)NC(=O)NC2=O)cc(I)c1OCc1ccc(F)cc1. The highest BCUT2D eigenvalue weighted by molar-refractivity contribution is 14.1. The maximum absolute atomic E-state index is 13.0. The molecule has 2 aromatic rings. The molecule has 0 aromatic heterocycles. The summed E-state index contributed by atoms with van der Waals surface area (Å²) in [5, 5.41) is 4.03. The summed E-state index contributed by atoms with van der Waals surface area (Å²) >= 11 is 2.04. The van der Waals surface area contributed by atoms with Crippen LogP contribution in [0.4, 0.5) is 9.18 Å². The van der Waals surface area contributed by atoms with Crippen LogP contribution in [0.15, 0.2) is 42.0 Å². The third kappa shape index (κ3) is 4.47. The maximum Gasteiger partial charge on any atom is 0.328 e. The number of rotatable bonds is 5. The highest BCUT2D eigenvalue weighted by Gasteiger charge is 2.27. The molecule has 2 aromatic carbocycles. The standard InChI is InChI=1S/C19H14FIN2O5/c1-27-15-8-11(6-13-17(24)22-19(26)23-18(13)25)7-14(21)16(15)28-9-10-2-4-12(20)5-3-10/h2-8H,9H2,1H3,(H2,22,23,24,25,26). The number of ether oxygens (including phenoxy) is 2. The summed E-state index contributed by atoms with van der Waals surface area (Å²) in [6, 6.07) is 8.38. The first-order valence-corrected chi connectivity index (χ1v) is 9.08. The first-order valence-electron chi connectivity index (χ1n) is 8.00. The minimum absolute atomic E-state index is 0.197. The molecule has 4 amide bonds. The number of imide groups is 2. The van der Waals surface area contributed by atoms with E-state index in [0.717, 1.165) is 5.56 Å². The molecular weight excluding hydrogens is 482 g/mol. The summed E-state index contributed by atoms with van der Waals surface area (Å²) in [7, 11) is 1.46. The van der Waals surface area contributed by atoms with E-state index in [4.69, 9.17) is 9.47 Å². The Hall–Kier alpha value is -2.95. The van der Waals surface area contributed by atoms with Crippen LogP contribution in [0.5, 0.6) is 11.5 Å². The number of methoxy groups -OCH3 is 1. The summed E-state index contributed by atoms with van der Waals surface area (Å²) in [4.78, 5) is 34.9. The predicted molar refractivity (Wildman–Crippen MR) is 106 cm³/mol. The lowest BCUT2D eigenvalue weighted by Gasteiger charge is -2.16. The van der Waals surface area contributed by atoms with Crippen molar-refractivity contribution in [3.05, 3.63) is 62.5 Å². The van der Waals surface area contributed by atoms with Crippen LogP contribution in [-0.4, -0.2) is 25.0 Å². The van der Waals surface area contributed by atoms with E-state index in [1.54, 1.807) is 24.3 Å². The second-order valence-electron chi connectivity index (χ2n) is 5.74. The molecule has 0 aliphatic carbocycles. The molecule has 0 bridgehead atoms. The smallest absolute Gasteiger partial charge is 0.328 e. The van der Waals surface area contributed by atoms with Crippen LogP contribution in [0.1, 0.15) is 11.1 Å². The van der Waals surface area contributed by atoms with Crippen molar-refractivity contribution >= 4 is 46.5 Å². The minimum Gasteiger partial charge on any atom is -0.493 e. The van der Waals surface area contributed by atoms with Crippen LogP contribution < -0.4 is 20.1 Å². The van der Waals surface area contributed by atoms with Crippen molar-refractivity contribution in [2.75, 3.05) is 7.11 Å². The van der Waals surface area contributed by atoms with Gasteiger partial charge in [-0.25, -0.2) is 9.18 Å². The summed E-state index contributed by atoms with van der Waals surface area (Å²) in [6.07, 6.45) is 1.35. The van der Waals surface area contributed by atoms with Gasteiger partial charge in [-0.1, -0.05) is 12.1 Å². The number of halogens is 2. The van der Waals surface area contributed by atoms with Gasteiger partial charge < -0.3 is 9.47 Å². The van der Waals surface area contributed by atoms with Gasteiger partial charge in [-0.2, -0.15) is 0 Å². The highest BCUT2D eigenvalue weighted by atomic mass is 127. The van der Waals surface area contributed by atoms with E-state index < -0.39 is 17.8 Å². The van der Waals surface area contributed by atoms with Gasteiger partial charge >= 0.3 is 6.03 Å². The molecule has 7 nitrogen and oxygen atoms in total. The summed E-state index contributed by atoms with van der Waals surface area (Å²) in [6.45, 7) is 0.208. The summed E-state index contributed by atoms with van der Waals surface area (Å²) < 4.78 is 24.8. The Morgan fingerprint density at radius 1 is 1.07 bits per heavy atom. The van der Waals surface area contributed by atoms with Gasteiger partial charge in [0.2, 0.25) is 0 Å². The lowest BCUT2D eigenvalue weighted by atomic mass is 10.1. The molecule has 0 atom stereocenters. The first kappa shape index (κ1) is 19.8. The molecular formula is C19H14FIN2O5. The van der Waals surface area contributed by atoms with Gasteiger partial charge in [0.15, 0.2) is 11.5 Å². The number of carbonyl (C=O) groups is 3. The van der Waals surface area contributed by atoms with E-state index in [1.807, 2.05) is 33.2 Å². The fourth-order valence-corrected chi connectivity index (χ4v) is 3.25. The number of hydrogen-bond donors (Lipinski definition) is 2. The zero-order valence-corrected chi connectivity index (χ0v) is 16.7. The Morgan fingerprint density at radius 2 is 1.71 bits per heavy atom. The third-order valence-electron chi connectivity index (χ3n) is 3.80. The van der Waals surface area contributed by atoms with E-state index >= 15 is 0 Å². The van der Waals surface area contributed by atoms with Crippen LogP contribution >= 0.6 is 22.6 Å². The Labute approximate surface area is 173 Å². The van der Waals surface area contributed by atoms with Gasteiger partial charge in [0.1, 0.15) is 18.0 Å². The van der Waals surface area contributed by atoms with Crippen molar-refractivity contribution in [1.29, 1.82) is 0 Å². The average Bonchev–Trinajstić information content (AvgIpc) is 2.64. The van der Waals surface area contributed by atoms with Crippen molar-refractivity contribution in [2.24, 2.45) is 0 Å². The molecule has 144 valence electrons. The molecule has 9 heteroatoms. The van der Waals surface area contributed by atoms with E-state index in [9.17, 15) is 18.8 Å². The topological polar surface area (TPSA) is 93.7 Å². The van der Waals surface area contributed by atoms with E-state index in [1.165, 1.54) is 25.3 Å². The Bertz CT molecular complexity index is 967. The largest absolute Gasteiger partial charge is 0.493 e. The molecule has 28 heavy (non-hydrogen) atoms. The van der Waals surface area contributed by atoms with Gasteiger partial charge in [-0.15, -0.1) is 0 Å². The molecule has 3 rings (SSSR count). The van der Waals surface area contributed by atoms with Crippen molar-refractivity contribution in [1.82, 2.24) is 10.6 Å². The Balaban J connectivity index is 1.86. The van der Waals surface area contributed by atoms with Crippen molar-refractivity contribution in [3.63, 3.8) is 0 Å². The molecule has 1 aliphatic rings. The van der Waals surface area contributed by atoms with Gasteiger partial charge in [0.25, 0.3) is 11.8 Å². The molecule has 1 heterocycles. The Kier molecular flexibility index (Phi) is 5.93. The zero-order valence-electron chi connectivity index (χ0n) is 14.5. The monoisotopic (exact) mass is 496 g/mol. The molecule has 1 fully saturated rings. The van der Waals surface area contributed by atoms with Crippen LogP contribution in [0.25, 0.3) is 6.08 Å². The predicted octanol–water partition coefficient (Wildman–Crippen LogP) is 2.77. The lowest BCUT2D eigenvalue weighted by Crippen LogP contribution is -2.51. The molecule has 1 saturated heterocycles. The van der Waals surface area contributed by atoms with Gasteiger partial charge in [-0.3, -0.25) is 20.2 Å². The molecule has 0 spiro atoms. The normalized spacial score (nSPS) is 13.7. The van der Waals surface area contributed by atoms with Gasteiger partial charge in [-0.05, 0) is 64.1 Å². The van der Waals surface area contributed by atoms with E-state index in [2.05, 4.69) is 0 Å². The minimum atomic E-state index is -0.858. The van der Waals surface area contributed by atoms with Crippen LogP contribution in [-0.2, 0) is 16.2 Å². The van der Waals surface area contributed by atoms with Crippen LogP contribution in [0.3, 0.4) is 0 Å². The fourth-order valence-electron chi connectivity index (χ4n) is 2.47. The van der Waals surface area contributed by atoms with E-state index in [0.29, 0.717) is 20.6 Å². The molecule has 0 saturated carbocycles. The lowest BCUT2D eigenvalue weighted by molar-refractivity contribution is -0.123. The second-order valence-corrected chi connectivity index (χ2v) is 6.91. The number of amides is 4. The van der Waals surface area contributed by atoms with Gasteiger partial charge in [0.05, 0.1) is 10.7 Å². The number of hydrogen-bond acceptors (Lipinski definition) is 5. The average molecular weight is 496 g/mol.